The molecule has 4 nitrogen and oxygen atoms in total. The summed E-state index contributed by atoms with van der Waals surface area (Å²) < 4.78 is 9.67. The van der Waals surface area contributed by atoms with Gasteiger partial charge in [0.05, 0.1) is 13.5 Å². The number of esters is 1. The third-order valence-corrected chi connectivity index (χ3v) is 2.24. The summed E-state index contributed by atoms with van der Waals surface area (Å²) in [6.07, 6.45) is 0.146. The Hall–Kier alpha value is -1.84. The first kappa shape index (κ1) is 9.71. The van der Waals surface area contributed by atoms with E-state index in [-0.39, 0.29) is 12.4 Å². The van der Waals surface area contributed by atoms with Crippen LogP contribution in [0, 0.1) is 6.92 Å². The minimum Gasteiger partial charge on any atom is -0.469 e. The molecule has 2 aromatic rings. The molecule has 0 radical (unpaired) electrons. The van der Waals surface area contributed by atoms with E-state index >= 15 is 0 Å². The monoisotopic (exact) mass is 205 g/mol. The molecule has 0 aliphatic heterocycles. The van der Waals surface area contributed by atoms with E-state index in [9.17, 15) is 4.79 Å². The Morgan fingerprint density at radius 2 is 2.33 bits per heavy atom. The lowest BCUT2D eigenvalue weighted by Crippen LogP contribution is -2.04. The van der Waals surface area contributed by atoms with Crippen LogP contribution in [0.5, 0.6) is 0 Å². The summed E-state index contributed by atoms with van der Waals surface area (Å²) in [5.74, 6) is -0.313. The molecule has 4 heteroatoms. The van der Waals surface area contributed by atoms with Gasteiger partial charge >= 0.3 is 5.97 Å². The Kier molecular flexibility index (Phi) is 2.41. The van der Waals surface area contributed by atoms with E-state index in [1.807, 2.05) is 25.1 Å². The van der Waals surface area contributed by atoms with Gasteiger partial charge in [-0.2, -0.15) is 0 Å². The first-order chi connectivity index (χ1) is 7.20. The minimum atomic E-state index is -0.313. The van der Waals surface area contributed by atoms with Crippen LogP contribution in [-0.2, 0) is 16.0 Å². The molecule has 0 unspecified atom stereocenters. The maximum Gasteiger partial charge on any atom is 0.311 e. The van der Waals surface area contributed by atoms with E-state index < -0.39 is 0 Å². The fourth-order valence-electron chi connectivity index (χ4n) is 1.44. The van der Waals surface area contributed by atoms with Crippen LogP contribution >= 0.6 is 0 Å². The zero-order valence-electron chi connectivity index (χ0n) is 8.61. The highest BCUT2D eigenvalue weighted by atomic mass is 16.5. The first-order valence-electron chi connectivity index (χ1n) is 4.62. The maximum absolute atomic E-state index is 11.1. The molecule has 0 atom stereocenters. The normalized spacial score (nSPS) is 10.5. The van der Waals surface area contributed by atoms with Crippen LogP contribution in [0.1, 0.15) is 11.3 Å². The van der Waals surface area contributed by atoms with Crippen molar-refractivity contribution in [2.24, 2.45) is 0 Å². The predicted molar refractivity (Wildman–Crippen MR) is 54.5 cm³/mol. The number of methoxy groups -OCH3 is 1. The molecule has 15 heavy (non-hydrogen) atoms. The molecule has 0 fully saturated rings. The van der Waals surface area contributed by atoms with Crippen LogP contribution < -0.4 is 0 Å². The summed E-state index contributed by atoms with van der Waals surface area (Å²) in [6.45, 7) is 1.98. The van der Waals surface area contributed by atoms with Gasteiger partial charge in [-0.05, 0) is 19.1 Å². The average molecular weight is 205 g/mol. The van der Waals surface area contributed by atoms with Gasteiger partial charge in [-0.3, -0.25) is 4.79 Å². The van der Waals surface area contributed by atoms with Gasteiger partial charge in [-0.1, -0.05) is 16.8 Å². The molecule has 0 bridgehead atoms. The van der Waals surface area contributed by atoms with E-state index in [1.54, 1.807) is 0 Å². The van der Waals surface area contributed by atoms with Gasteiger partial charge in [0.1, 0.15) is 5.69 Å². The molecule has 0 spiro atoms. The SMILES string of the molecule is COC(=O)Cc1noc2ccc(C)cc12. The number of carbonyl (C=O) groups is 1. The second kappa shape index (κ2) is 3.73. The molecule has 0 aliphatic carbocycles. The van der Waals surface area contributed by atoms with Crippen molar-refractivity contribution in [3.63, 3.8) is 0 Å². The van der Waals surface area contributed by atoms with Crippen LogP contribution in [0.3, 0.4) is 0 Å². The molecular weight excluding hydrogens is 194 g/mol. The summed E-state index contributed by atoms with van der Waals surface area (Å²) in [4.78, 5) is 11.1. The molecule has 78 valence electrons. The second-order valence-corrected chi connectivity index (χ2v) is 3.38. The molecule has 1 aromatic carbocycles. The largest absolute Gasteiger partial charge is 0.469 e. The lowest BCUT2D eigenvalue weighted by molar-refractivity contribution is -0.139. The summed E-state index contributed by atoms with van der Waals surface area (Å²) in [5.41, 5.74) is 2.43. The van der Waals surface area contributed by atoms with Gasteiger partial charge in [0.15, 0.2) is 5.58 Å². The number of benzene rings is 1. The lowest BCUT2D eigenvalue weighted by Gasteiger charge is -1.95. The van der Waals surface area contributed by atoms with Crippen molar-refractivity contribution in [2.45, 2.75) is 13.3 Å². The van der Waals surface area contributed by atoms with E-state index in [4.69, 9.17) is 4.52 Å². The van der Waals surface area contributed by atoms with Crippen LogP contribution in [0.2, 0.25) is 0 Å². The Bertz CT molecular complexity index is 502. The van der Waals surface area contributed by atoms with Gasteiger partial charge in [0.25, 0.3) is 0 Å². The van der Waals surface area contributed by atoms with Crippen molar-refractivity contribution in [1.82, 2.24) is 5.16 Å². The van der Waals surface area contributed by atoms with Crippen molar-refractivity contribution in [3.05, 3.63) is 29.5 Å². The number of fused-ring (bicyclic) bond motifs is 1. The first-order valence-corrected chi connectivity index (χ1v) is 4.62. The molecular formula is C11H11NO3. The van der Waals surface area contributed by atoms with Crippen LogP contribution in [0.15, 0.2) is 22.7 Å². The van der Waals surface area contributed by atoms with Crippen molar-refractivity contribution in [3.8, 4) is 0 Å². The van der Waals surface area contributed by atoms with E-state index in [1.165, 1.54) is 7.11 Å². The molecule has 0 N–H and O–H groups in total. The van der Waals surface area contributed by atoms with E-state index in [2.05, 4.69) is 9.89 Å². The topological polar surface area (TPSA) is 52.3 Å². The standard InChI is InChI=1S/C11H11NO3/c1-7-3-4-10-8(5-7)9(12-15-10)6-11(13)14-2/h3-5H,6H2,1-2H3. The number of hydrogen-bond donors (Lipinski definition) is 0. The third-order valence-electron chi connectivity index (χ3n) is 2.24. The number of ether oxygens (including phenoxy) is 1. The summed E-state index contributed by atoms with van der Waals surface area (Å²) in [5, 5.41) is 4.72. The molecule has 2 rings (SSSR count). The zero-order valence-corrected chi connectivity index (χ0v) is 8.61. The van der Waals surface area contributed by atoms with Gasteiger partial charge in [0.2, 0.25) is 0 Å². The summed E-state index contributed by atoms with van der Waals surface area (Å²) in [7, 11) is 1.36. The minimum absolute atomic E-state index is 0.146. The number of nitrogens with zero attached hydrogens (tertiary/aromatic N) is 1. The summed E-state index contributed by atoms with van der Waals surface area (Å²) >= 11 is 0. The van der Waals surface area contributed by atoms with Crippen molar-refractivity contribution in [1.29, 1.82) is 0 Å². The highest BCUT2D eigenvalue weighted by molar-refractivity contribution is 5.84. The highest BCUT2D eigenvalue weighted by Crippen LogP contribution is 2.20. The maximum atomic E-state index is 11.1. The van der Waals surface area contributed by atoms with Gasteiger partial charge in [0, 0.05) is 5.39 Å². The number of aromatic nitrogens is 1. The molecule has 0 aliphatic rings. The Balaban J connectivity index is 2.43. The van der Waals surface area contributed by atoms with Crippen molar-refractivity contribution < 1.29 is 14.1 Å². The number of carbonyl (C=O) groups excluding carboxylic acids is 1. The van der Waals surface area contributed by atoms with Crippen molar-refractivity contribution >= 4 is 16.9 Å². The van der Waals surface area contributed by atoms with Gasteiger partial charge in [-0.25, -0.2) is 0 Å². The fourth-order valence-corrected chi connectivity index (χ4v) is 1.44. The smallest absolute Gasteiger partial charge is 0.311 e. The quantitative estimate of drug-likeness (QED) is 0.702. The molecule has 1 heterocycles. The van der Waals surface area contributed by atoms with Crippen LogP contribution in [0.4, 0.5) is 0 Å². The third kappa shape index (κ3) is 1.83. The zero-order chi connectivity index (χ0) is 10.8. The second-order valence-electron chi connectivity index (χ2n) is 3.38. The Labute approximate surface area is 86.8 Å². The van der Waals surface area contributed by atoms with E-state index in [0.29, 0.717) is 11.3 Å². The molecule has 0 amide bonds. The molecule has 0 saturated carbocycles. The number of rotatable bonds is 2. The average Bonchev–Trinajstić information content (AvgIpc) is 2.61. The molecule has 1 aromatic heterocycles. The van der Waals surface area contributed by atoms with Crippen LogP contribution in [-0.4, -0.2) is 18.2 Å². The van der Waals surface area contributed by atoms with E-state index in [0.717, 1.165) is 10.9 Å². The summed E-state index contributed by atoms with van der Waals surface area (Å²) in [6, 6.07) is 5.73. The van der Waals surface area contributed by atoms with Gasteiger partial charge in [-0.15, -0.1) is 0 Å². The van der Waals surface area contributed by atoms with Crippen LogP contribution in [0.25, 0.3) is 11.0 Å². The van der Waals surface area contributed by atoms with Crippen molar-refractivity contribution in [2.75, 3.05) is 7.11 Å². The van der Waals surface area contributed by atoms with Gasteiger partial charge < -0.3 is 9.26 Å². The number of hydrogen-bond acceptors (Lipinski definition) is 4. The number of aryl methyl sites for hydroxylation is 1. The Morgan fingerprint density at radius 3 is 3.07 bits per heavy atom. The predicted octanol–water partition coefficient (Wildman–Crippen LogP) is 1.85. The fraction of sp³-hybridized carbons (Fsp3) is 0.273. The highest BCUT2D eigenvalue weighted by Gasteiger charge is 2.12. The molecule has 0 saturated heterocycles. The lowest BCUT2D eigenvalue weighted by atomic mass is 10.1. The Morgan fingerprint density at radius 1 is 1.53 bits per heavy atom.